The SMILES string of the molecule is CCOc1cc(/C=N\NC(=O)CCCC(=O)Nc2cccc(Br)c2)ccc1OCc1ccccc1Cl. The van der Waals surface area contributed by atoms with Gasteiger partial charge in [-0.05, 0) is 61.4 Å². The molecule has 36 heavy (non-hydrogen) atoms. The zero-order valence-corrected chi connectivity index (χ0v) is 22.1. The summed E-state index contributed by atoms with van der Waals surface area (Å²) in [5, 5.41) is 7.45. The molecule has 3 rings (SSSR count). The van der Waals surface area contributed by atoms with Gasteiger partial charge >= 0.3 is 0 Å². The van der Waals surface area contributed by atoms with E-state index in [9.17, 15) is 9.59 Å². The van der Waals surface area contributed by atoms with Crippen molar-refractivity contribution in [2.45, 2.75) is 32.8 Å². The predicted molar refractivity (Wildman–Crippen MR) is 146 cm³/mol. The minimum Gasteiger partial charge on any atom is -0.490 e. The minimum atomic E-state index is -0.272. The van der Waals surface area contributed by atoms with Crippen LogP contribution >= 0.6 is 27.5 Å². The number of anilines is 1. The highest BCUT2D eigenvalue weighted by Gasteiger charge is 2.09. The molecule has 0 spiro atoms. The summed E-state index contributed by atoms with van der Waals surface area (Å²) in [6.45, 7) is 2.66. The van der Waals surface area contributed by atoms with Crippen molar-refractivity contribution >= 4 is 51.2 Å². The minimum absolute atomic E-state index is 0.148. The van der Waals surface area contributed by atoms with Crippen LogP contribution in [0.15, 0.2) is 76.3 Å². The van der Waals surface area contributed by atoms with Gasteiger partial charge in [0.2, 0.25) is 11.8 Å². The average molecular weight is 573 g/mol. The quantitative estimate of drug-likeness (QED) is 0.196. The first-order valence-corrected chi connectivity index (χ1v) is 12.6. The second-order valence-corrected chi connectivity index (χ2v) is 9.05. The molecule has 0 aliphatic carbocycles. The molecule has 2 N–H and O–H groups in total. The van der Waals surface area contributed by atoms with E-state index >= 15 is 0 Å². The number of rotatable bonds is 12. The summed E-state index contributed by atoms with van der Waals surface area (Å²) in [6.07, 6.45) is 2.35. The number of ether oxygens (including phenoxy) is 2. The van der Waals surface area contributed by atoms with E-state index in [2.05, 4.69) is 31.8 Å². The molecular formula is C27H27BrClN3O4. The summed E-state index contributed by atoms with van der Waals surface area (Å²) in [5.41, 5.74) is 4.80. The lowest BCUT2D eigenvalue weighted by Crippen LogP contribution is -2.18. The maximum atomic E-state index is 12.1. The first kappa shape index (κ1) is 27.2. The second kappa shape index (κ2) is 14.3. The van der Waals surface area contributed by atoms with Crippen LogP contribution in [0, 0.1) is 0 Å². The molecular weight excluding hydrogens is 546 g/mol. The standard InChI is InChI=1S/C27H27BrClN3O4/c1-2-35-25-15-19(13-14-24(25)36-18-20-7-3-4-10-23(20)29)17-30-32-27(34)12-6-11-26(33)31-22-9-5-8-21(28)16-22/h3-5,7-10,13-17H,2,6,11-12,18H2,1H3,(H,31,33)(H,32,34)/b30-17-. The Morgan fingerprint density at radius 3 is 2.56 bits per heavy atom. The number of nitrogens with zero attached hydrogens (tertiary/aromatic N) is 1. The van der Waals surface area contributed by atoms with Crippen molar-refractivity contribution in [3.63, 3.8) is 0 Å². The summed E-state index contributed by atoms with van der Waals surface area (Å²) in [4.78, 5) is 24.1. The number of halogens is 2. The number of carbonyl (C=O) groups excluding carboxylic acids is 2. The van der Waals surface area contributed by atoms with Crippen molar-refractivity contribution in [3.8, 4) is 11.5 Å². The zero-order valence-electron chi connectivity index (χ0n) is 19.8. The van der Waals surface area contributed by atoms with Crippen molar-refractivity contribution in [3.05, 3.63) is 87.4 Å². The van der Waals surface area contributed by atoms with Gasteiger partial charge in [-0.3, -0.25) is 9.59 Å². The molecule has 0 unspecified atom stereocenters. The van der Waals surface area contributed by atoms with Crippen LogP contribution in [-0.2, 0) is 16.2 Å². The molecule has 188 valence electrons. The van der Waals surface area contributed by atoms with E-state index in [1.165, 1.54) is 6.21 Å². The molecule has 0 saturated carbocycles. The van der Waals surface area contributed by atoms with Crippen LogP contribution in [0.25, 0.3) is 0 Å². The van der Waals surface area contributed by atoms with Gasteiger partial charge < -0.3 is 14.8 Å². The van der Waals surface area contributed by atoms with Crippen LogP contribution in [0.4, 0.5) is 5.69 Å². The lowest BCUT2D eigenvalue weighted by molar-refractivity contribution is -0.121. The highest BCUT2D eigenvalue weighted by atomic mass is 79.9. The Morgan fingerprint density at radius 1 is 0.972 bits per heavy atom. The summed E-state index contributed by atoms with van der Waals surface area (Å²) < 4.78 is 12.5. The van der Waals surface area contributed by atoms with E-state index in [4.69, 9.17) is 21.1 Å². The molecule has 3 aromatic rings. The Bertz CT molecular complexity index is 1220. The fourth-order valence-electron chi connectivity index (χ4n) is 3.20. The monoisotopic (exact) mass is 571 g/mol. The molecule has 0 bridgehead atoms. The molecule has 9 heteroatoms. The maximum absolute atomic E-state index is 12.1. The lowest BCUT2D eigenvalue weighted by atomic mass is 10.2. The number of amides is 2. The third-order valence-corrected chi connectivity index (χ3v) is 5.79. The number of hydrogen-bond acceptors (Lipinski definition) is 5. The Labute approximate surface area is 224 Å². The molecule has 2 amide bonds. The number of carbonyl (C=O) groups is 2. The lowest BCUT2D eigenvalue weighted by Gasteiger charge is -2.13. The second-order valence-electron chi connectivity index (χ2n) is 7.72. The highest BCUT2D eigenvalue weighted by Crippen LogP contribution is 2.29. The van der Waals surface area contributed by atoms with Crippen molar-refractivity contribution in [2.24, 2.45) is 5.10 Å². The van der Waals surface area contributed by atoms with Gasteiger partial charge in [-0.25, -0.2) is 5.43 Å². The topological polar surface area (TPSA) is 89.0 Å². The smallest absolute Gasteiger partial charge is 0.240 e. The summed E-state index contributed by atoms with van der Waals surface area (Å²) in [7, 11) is 0. The number of hydrazone groups is 1. The van der Waals surface area contributed by atoms with Crippen LogP contribution < -0.4 is 20.2 Å². The molecule has 0 fully saturated rings. The molecule has 3 aromatic carbocycles. The van der Waals surface area contributed by atoms with Crippen molar-refractivity contribution in [2.75, 3.05) is 11.9 Å². The van der Waals surface area contributed by atoms with Gasteiger partial charge in [0.05, 0.1) is 12.8 Å². The number of nitrogens with one attached hydrogen (secondary N) is 2. The fourth-order valence-corrected chi connectivity index (χ4v) is 3.79. The Morgan fingerprint density at radius 2 is 1.78 bits per heavy atom. The van der Waals surface area contributed by atoms with Crippen molar-refractivity contribution < 1.29 is 19.1 Å². The molecule has 0 atom stereocenters. The summed E-state index contributed by atoms with van der Waals surface area (Å²) in [6, 6.07) is 20.2. The number of hydrogen-bond donors (Lipinski definition) is 2. The molecule has 0 saturated heterocycles. The normalized spacial score (nSPS) is 10.8. The van der Waals surface area contributed by atoms with E-state index in [1.54, 1.807) is 18.2 Å². The Hall–Kier alpha value is -3.36. The van der Waals surface area contributed by atoms with Gasteiger partial charge in [0.15, 0.2) is 11.5 Å². The van der Waals surface area contributed by atoms with E-state index in [0.717, 1.165) is 15.6 Å². The third-order valence-electron chi connectivity index (χ3n) is 4.93. The third kappa shape index (κ3) is 9.02. The van der Waals surface area contributed by atoms with E-state index in [1.807, 2.05) is 55.5 Å². The molecule has 0 heterocycles. The highest BCUT2D eigenvalue weighted by molar-refractivity contribution is 9.10. The van der Waals surface area contributed by atoms with Crippen molar-refractivity contribution in [1.29, 1.82) is 0 Å². The molecule has 0 aromatic heterocycles. The zero-order chi connectivity index (χ0) is 25.8. The Balaban J connectivity index is 1.45. The van der Waals surface area contributed by atoms with Gasteiger partial charge in [0.25, 0.3) is 0 Å². The number of benzene rings is 3. The van der Waals surface area contributed by atoms with Gasteiger partial charge in [0, 0.05) is 33.6 Å². The maximum Gasteiger partial charge on any atom is 0.240 e. The molecule has 0 aliphatic rings. The van der Waals surface area contributed by atoms with Crippen LogP contribution in [0.2, 0.25) is 5.02 Å². The summed E-state index contributed by atoms with van der Waals surface area (Å²) in [5.74, 6) is 0.728. The fraction of sp³-hybridized carbons (Fsp3) is 0.222. The first-order valence-electron chi connectivity index (χ1n) is 11.4. The van der Waals surface area contributed by atoms with Gasteiger partial charge in [-0.2, -0.15) is 5.10 Å². The molecule has 0 radical (unpaired) electrons. The van der Waals surface area contributed by atoms with E-state index in [0.29, 0.717) is 41.8 Å². The largest absolute Gasteiger partial charge is 0.490 e. The predicted octanol–water partition coefficient (Wildman–Crippen LogP) is 6.34. The van der Waals surface area contributed by atoms with Gasteiger partial charge in [-0.15, -0.1) is 0 Å². The van der Waals surface area contributed by atoms with Crippen LogP contribution in [0.1, 0.15) is 37.3 Å². The van der Waals surface area contributed by atoms with Crippen LogP contribution in [0.5, 0.6) is 11.5 Å². The van der Waals surface area contributed by atoms with Crippen LogP contribution in [0.3, 0.4) is 0 Å². The van der Waals surface area contributed by atoms with Gasteiger partial charge in [0.1, 0.15) is 6.61 Å². The molecule has 0 aliphatic heterocycles. The van der Waals surface area contributed by atoms with E-state index < -0.39 is 0 Å². The van der Waals surface area contributed by atoms with E-state index in [-0.39, 0.29) is 24.7 Å². The van der Waals surface area contributed by atoms with Crippen molar-refractivity contribution in [1.82, 2.24) is 5.43 Å². The summed E-state index contributed by atoms with van der Waals surface area (Å²) >= 11 is 9.56. The first-order chi connectivity index (χ1) is 17.4. The molecule has 7 nitrogen and oxygen atoms in total. The van der Waals surface area contributed by atoms with Crippen LogP contribution in [-0.4, -0.2) is 24.6 Å². The Kier molecular flexibility index (Phi) is 10.8. The average Bonchev–Trinajstić information content (AvgIpc) is 2.84. The van der Waals surface area contributed by atoms with Gasteiger partial charge in [-0.1, -0.05) is 51.8 Å².